The third kappa shape index (κ3) is 2.37. The summed E-state index contributed by atoms with van der Waals surface area (Å²) in [7, 11) is 0. The average Bonchev–Trinajstić information content (AvgIpc) is 3.05. The molecular formula is C14H17BrN2O3. The van der Waals surface area contributed by atoms with Gasteiger partial charge in [-0.15, -0.1) is 0 Å². The maximum atomic E-state index is 12.6. The molecule has 108 valence electrons. The molecular weight excluding hydrogens is 324 g/mol. The Morgan fingerprint density at radius 3 is 2.60 bits per heavy atom. The molecule has 0 spiro atoms. The second kappa shape index (κ2) is 4.91. The van der Waals surface area contributed by atoms with Gasteiger partial charge >= 0.3 is 5.97 Å². The van der Waals surface area contributed by atoms with Gasteiger partial charge in [-0.25, -0.2) is 0 Å². The van der Waals surface area contributed by atoms with Crippen LogP contribution in [0, 0.1) is 11.8 Å². The van der Waals surface area contributed by atoms with Gasteiger partial charge in [0.25, 0.3) is 5.91 Å². The first kappa shape index (κ1) is 13.7. The summed E-state index contributed by atoms with van der Waals surface area (Å²) in [6.45, 7) is 2.72. The van der Waals surface area contributed by atoms with Crippen molar-refractivity contribution in [1.82, 2.24) is 9.47 Å². The van der Waals surface area contributed by atoms with Crippen LogP contribution in [0.4, 0.5) is 0 Å². The standard InChI is InChI=1S/C14H17BrN2O3/c1-8-5-16(7-11(8)14(19)20)13(18)12-4-9(15)6-17(12)10-2-3-10/h4,6,8,10-11H,2-3,5,7H2,1H3,(H,19,20). The van der Waals surface area contributed by atoms with Gasteiger partial charge in [0.15, 0.2) is 0 Å². The Kier molecular flexibility index (Phi) is 3.36. The molecule has 0 bridgehead atoms. The van der Waals surface area contributed by atoms with Gasteiger partial charge in [-0.3, -0.25) is 9.59 Å². The van der Waals surface area contributed by atoms with E-state index in [0.29, 0.717) is 24.8 Å². The largest absolute Gasteiger partial charge is 0.481 e. The van der Waals surface area contributed by atoms with Crippen molar-refractivity contribution in [1.29, 1.82) is 0 Å². The fourth-order valence-electron chi connectivity index (χ4n) is 2.89. The Morgan fingerprint density at radius 1 is 1.35 bits per heavy atom. The second-order valence-corrected chi connectivity index (χ2v) is 6.73. The summed E-state index contributed by atoms with van der Waals surface area (Å²) in [5.74, 6) is -1.32. The van der Waals surface area contributed by atoms with E-state index in [1.54, 1.807) is 4.90 Å². The van der Waals surface area contributed by atoms with Crippen molar-refractivity contribution in [2.24, 2.45) is 11.8 Å². The number of nitrogens with zero attached hydrogens (tertiary/aromatic N) is 2. The number of amides is 1. The number of halogens is 1. The molecule has 1 aliphatic heterocycles. The molecule has 3 rings (SSSR count). The number of hydrogen-bond donors (Lipinski definition) is 1. The van der Waals surface area contributed by atoms with Gasteiger partial charge in [0, 0.05) is 29.8 Å². The highest BCUT2D eigenvalue weighted by Crippen LogP contribution is 2.38. The molecule has 0 radical (unpaired) electrons. The Hall–Kier alpha value is -1.30. The molecule has 2 aliphatic rings. The zero-order chi connectivity index (χ0) is 14.4. The number of rotatable bonds is 3. The van der Waals surface area contributed by atoms with Crippen LogP contribution in [-0.4, -0.2) is 39.5 Å². The SMILES string of the molecule is CC1CN(C(=O)c2cc(Br)cn2C2CC2)CC1C(=O)O. The van der Waals surface area contributed by atoms with Crippen LogP contribution < -0.4 is 0 Å². The van der Waals surface area contributed by atoms with E-state index in [9.17, 15) is 9.59 Å². The van der Waals surface area contributed by atoms with Gasteiger partial charge < -0.3 is 14.6 Å². The molecule has 1 aromatic heterocycles. The Morgan fingerprint density at radius 2 is 2.05 bits per heavy atom. The average molecular weight is 341 g/mol. The molecule has 20 heavy (non-hydrogen) atoms. The predicted molar refractivity (Wildman–Crippen MR) is 76.6 cm³/mol. The lowest BCUT2D eigenvalue weighted by Crippen LogP contribution is -2.31. The van der Waals surface area contributed by atoms with Crippen molar-refractivity contribution < 1.29 is 14.7 Å². The normalized spacial score (nSPS) is 26.0. The molecule has 6 heteroatoms. The highest BCUT2D eigenvalue weighted by Gasteiger charge is 2.38. The van der Waals surface area contributed by atoms with Crippen LogP contribution in [0.5, 0.6) is 0 Å². The number of carbonyl (C=O) groups excluding carboxylic acids is 1. The van der Waals surface area contributed by atoms with Crippen LogP contribution in [0.3, 0.4) is 0 Å². The van der Waals surface area contributed by atoms with E-state index < -0.39 is 11.9 Å². The topological polar surface area (TPSA) is 62.5 Å². The van der Waals surface area contributed by atoms with E-state index in [1.807, 2.05) is 23.8 Å². The van der Waals surface area contributed by atoms with Gasteiger partial charge in [0.2, 0.25) is 0 Å². The van der Waals surface area contributed by atoms with E-state index in [4.69, 9.17) is 5.11 Å². The highest BCUT2D eigenvalue weighted by atomic mass is 79.9. The third-order valence-corrected chi connectivity index (χ3v) is 4.62. The predicted octanol–water partition coefficient (Wildman–Crippen LogP) is 2.38. The lowest BCUT2D eigenvalue weighted by atomic mass is 9.99. The summed E-state index contributed by atoms with van der Waals surface area (Å²) >= 11 is 3.42. The van der Waals surface area contributed by atoms with Crippen LogP contribution in [0.2, 0.25) is 0 Å². The van der Waals surface area contributed by atoms with Crippen LogP contribution in [-0.2, 0) is 4.79 Å². The summed E-state index contributed by atoms with van der Waals surface area (Å²) in [5.41, 5.74) is 0.664. The van der Waals surface area contributed by atoms with E-state index in [2.05, 4.69) is 15.9 Å². The van der Waals surface area contributed by atoms with Crippen molar-refractivity contribution >= 4 is 27.8 Å². The number of carbonyl (C=O) groups is 2. The van der Waals surface area contributed by atoms with E-state index >= 15 is 0 Å². The first-order valence-corrected chi connectivity index (χ1v) is 7.66. The van der Waals surface area contributed by atoms with E-state index in [0.717, 1.165) is 17.3 Å². The summed E-state index contributed by atoms with van der Waals surface area (Å²) in [6.07, 6.45) is 4.16. The van der Waals surface area contributed by atoms with Crippen LogP contribution in [0.1, 0.15) is 36.3 Å². The maximum Gasteiger partial charge on any atom is 0.308 e. The zero-order valence-electron chi connectivity index (χ0n) is 11.3. The second-order valence-electron chi connectivity index (χ2n) is 5.81. The molecule has 1 N–H and O–H groups in total. The van der Waals surface area contributed by atoms with Gasteiger partial charge in [-0.05, 0) is 40.8 Å². The third-order valence-electron chi connectivity index (χ3n) is 4.19. The fourth-order valence-corrected chi connectivity index (χ4v) is 3.33. The highest BCUT2D eigenvalue weighted by molar-refractivity contribution is 9.10. The molecule has 1 saturated heterocycles. The van der Waals surface area contributed by atoms with Crippen molar-refractivity contribution in [2.75, 3.05) is 13.1 Å². The molecule has 2 heterocycles. The molecule has 1 aromatic rings. The number of aliphatic carboxylic acids is 1. The lowest BCUT2D eigenvalue weighted by Gasteiger charge is -2.17. The first-order chi connectivity index (χ1) is 9.47. The lowest BCUT2D eigenvalue weighted by molar-refractivity contribution is -0.142. The smallest absolute Gasteiger partial charge is 0.308 e. The molecule has 5 nitrogen and oxygen atoms in total. The molecule has 1 amide bonds. The summed E-state index contributed by atoms with van der Waals surface area (Å²) in [6, 6.07) is 2.26. The Balaban J connectivity index is 1.81. The summed E-state index contributed by atoms with van der Waals surface area (Å²) in [4.78, 5) is 25.4. The van der Waals surface area contributed by atoms with E-state index in [-0.39, 0.29) is 11.8 Å². The van der Waals surface area contributed by atoms with Crippen molar-refractivity contribution in [3.05, 3.63) is 22.4 Å². The Bertz CT molecular complexity index is 565. The summed E-state index contributed by atoms with van der Waals surface area (Å²) < 4.78 is 2.92. The monoisotopic (exact) mass is 340 g/mol. The van der Waals surface area contributed by atoms with Crippen LogP contribution in [0.15, 0.2) is 16.7 Å². The van der Waals surface area contributed by atoms with Crippen molar-refractivity contribution in [2.45, 2.75) is 25.8 Å². The number of aromatic nitrogens is 1. The van der Waals surface area contributed by atoms with Crippen molar-refractivity contribution in [3.63, 3.8) is 0 Å². The maximum absolute atomic E-state index is 12.6. The van der Waals surface area contributed by atoms with Gasteiger partial charge in [0.1, 0.15) is 5.69 Å². The molecule has 1 aliphatic carbocycles. The molecule has 2 unspecified atom stereocenters. The molecule has 2 fully saturated rings. The number of likely N-dealkylation sites (tertiary alicyclic amines) is 1. The minimum Gasteiger partial charge on any atom is -0.481 e. The quantitative estimate of drug-likeness (QED) is 0.918. The van der Waals surface area contributed by atoms with E-state index in [1.165, 1.54) is 0 Å². The number of hydrogen-bond acceptors (Lipinski definition) is 2. The minimum atomic E-state index is -0.813. The Labute approximate surface area is 125 Å². The van der Waals surface area contributed by atoms with Gasteiger partial charge in [0.05, 0.1) is 5.92 Å². The zero-order valence-corrected chi connectivity index (χ0v) is 12.8. The van der Waals surface area contributed by atoms with Gasteiger partial charge in [-0.1, -0.05) is 6.92 Å². The van der Waals surface area contributed by atoms with Crippen LogP contribution >= 0.6 is 15.9 Å². The molecule has 0 aromatic carbocycles. The van der Waals surface area contributed by atoms with Gasteiger partial charge in [-0.2, -0.15) is 0 Å². The first-order valence-electron chi connectivity index (χ1n) is 6.87. The molecule has 2 atom stereocenters. The van der Waals surface area contributed by atoms with Crippen LogP contribution in [0.25, 0.3) is 0 Å². The summed E-state index contributed by atoms with van der Waals surface area (Å²) in [5, 5.41) is 9.16. The van der Waals surface area contributed by atoms with Crippen molar-refractivity contribution in [3.8, 4) is 0 Å². The number of carboxylic acids is 1. The molecule has 1 saturated carbocycles. The minimum absolute atomic E-state index is 0.00391. The number of carboxylic acid groups (broad SMARTS) is 1. The fraction of sp³-hybridized carbons (Fsp3) is 0.571.